The van der Waals surface area contributed by atoms with Crippen LogP contribution in [0.2, 0.25) is 0 Å². The first-order valence-electron chi connectivity index (χ1n) is 20.8. The minimum absolute atomic E-state index is 0. The Kier molecular flexibility index (Phi) is 17.4. The van der Waals surface area contributed by atoms with Crippen LogP contribution in [0, 0.1) is 32.6 Å². The first-order chi connectivity index (χ1) is 25.9. The Morgan fingerprint density at radius 2 is 1.14 bits per heavy atom. The fourth-order valence-corrected chi connectivity index (χ4v) is 11.4. The summed E-state index contributed by atoms with van der Waals surface area (Å²) in [4.78, 5) is 0. The third-order valence-corrected chi connectivity index (χ3v) is 13.8. The van der Waals surface area contributed by atoms with Crippen molar-refractivity contribution < 1.29 is 23.3 Å². The van der Waals surface area contributed by atoms with Crippen LogP contribution in [0.25, 0.3) is 43.8 Å². The second-order valence-electron chi connectivity index (χ2n) is 17.5. The van der Waals surface area contributed by atoms with Crippen LogP contribution in [-0.4, -0.2) is 6.88 Å². The van der Waals surface area contributed by atoms with Crippen molar-refractivity contribution in [2.75, 3.05) is 0 Å². The molecule has 4 bridgehead atoms. The van der Waals surface area contributed by atoms with Crippen LogP contribution in [0.15, 0.2) is 109 Å². The predicted octanol–water partition coefficient (Wildman–Crippen LogP) is 16.0. The minimum atomic E-state index is 0. The number of rotatable bonds is 6. The molecule has 5 fully saturated rings. The summed E-state index contributed by atoms with van der Waals surface area (Å²) in [6, 6.07) is 42.1. The van der Waals surface area contributed by atoms with E-state index in [1.54, 1.807) is 11.1 Å². The molecule has 0 nitrogen and oxygen atoms in total. The number of halogens is 2. The van der Waals surface area contributed by atoms with Gasteiger partial charge in [-0.3, -0.25) is 0 Å². The predicted molar refractivity (Wildman–Crippen MR) is 252 cm³/mol. The molecular formula is C53H64Cl2SiZr-4. The van der Waals surface area contributed by atoms with E-state index in [4.69, 9.17) is 0 Å². The van der Waals surface area contributed by atoms with Crippen LogP contribution in [0.1, 0.15) is 125 Å². The second-order valence-corrected chi connectivity index (χ2v) is 17.5. The Morgan fingerprint density at radius 1 is 0.649 bits per heavy atom. The van der Waals surface area contributed by atoms with E-state index in [0.29, 0.717) is 11.3 Å². The summed E-state index contributed by atoms with van der Waals surface area (Å²) in [5.74, 6) is 4.42. The van der Waals surface area contributed by atoms with Crippen LogP contribution in [0.4, 0.5) is 0 Å². The van der Waals surface area contributed by atoms with Gasteiger partial charge in [-0.05, 0) is 115 Å². The van der Waals surface area contributed by atoms with Crippen molar-refractivity contribution in [2.45, 2.75) is 115 Å². The van der Waals surface area contributed by atoms with E-state index in [1.807, 2.05) is 0 Å². The molecule has 0 unspecified atom stereocenters. The maximum atomic E-state index is 3.06. The molecule has 302 valence electrons. The molecule has 5 aliphatic rings. The molecule has 11 rings (SSSR count). The summed E-state index contributed by atoms with van der Waals surface area (Å²) in [5, 5.41) is 5.63. The second kappa shape index (κ2) is 20.8. The van der Waals surface area contributed by atoms with E-state index in [-0.39, 0.29) is 39.7 Å². The van der Waals surface area contributed by atoms with Gasteiger partial charge in [0.2, 0.25) is 0 Å². The molecule has 4 heteroatoms. The van der Waals surface area contributed by atoms with Crippen LogP contribution in [0.5, 0.6) is 0 Å². The van der Waals surface area contributed by atoms with Gasteiger partial charge in [-0.25, -0.2) is 0 Å². The van der Waals surface area contributed by atoms with Gasteiger partial charge in [0.25, 0.3) is 0 Å². The first-order valence-corrected chi connectivity index (χ1v) is 25.0. The van der Waals surface area contributed by atoms with Crippen molar-refractivity contribution in [1.82, 2.24) is 0 Å². The summed E-state index contributed by atoms with van der Waals surface area (Å²) in [6.07, 6.45) is 17.0. The van der Waals surface area contributed by atoms with E-state index < -0.39 is 0 Å². The maximum absolute atomic E-state index is 3.06. The third kappa shape index (κ3) is 9.88. The van der Waals surface area contributed by atoms with Crippen LogP contribution >= 0.6 is 24.8 Å². The van der Waals surface area contributed by atoms with Crippen LogP contribution in [0.3, 0.4) is 0 Å². The molecule has 5 aliphatic carbocycles. The molecule has 0 aliphatic heterocycles. The fourth-order valence-electron chi connectivity index (χ4n) is 11.4. The van der Waals surface area contributed by atoms with Gasteiger partial charge in [0.15, 0.2) is 0 Å². The zero-order valence-electron chi connectivity index (χ0n) is 35.1. The van der Waals surface area contributed by atoms with Gasteiger partial charge in [0, 0.05) is 0 Å². The van der Waals surface area contributed by atoms with E-state index in [9.17, 15) is 0 Å². The summed E-state index contributed by atoms with van der Waals surface area (Å²) in [6.45, 7) is 9.81. The third-order valence-electron chi connectivity index (χ3n) is 13.8. The van der Waals surface area contributed by atoms with Crippen molar-refractivity contribution in [2.24, 2.45) is 17.8 Å². The molecule has 2 radical (unpaired) electrons. The zero-order valence-corrected chi connectivity index (χ0v) is 40.2. The monoisotopic (exact) mass is 888 g/mol. The Bertz CT molecular complexity index is 2110. The molecule has 0 saturated heterocycles. The van der Waals surface area contributed by atoms with E-state index >= 15 is 0 Å². The fraction of sp³-hybridized carbons (Fsp3) is 0.396. The van der Waals surface area contributed by atoms with Gasteiger partial charge in [-0.15, -0.1) is 93.9 Å². The number of aryl methyl sites for hydroxylation is 1. The van der Waals surface area contributed by atoms with E-state index in [0.717, 1.165) is 30.1 Å². The Hall–Kier alpha value is -2.22. The quantitative estimate of drug-likeness (QED) is 0.115. The molecule has 57 heavy (non-hydrogen) atoms. The normalized spacial score (nSPS) is 21.8. The topological polar surface area (TPSA) is 0 Å². The molecule has 0 aromatic heterocycles. The molecule has 0 amide bonds. The Morgan fingerprint density at radius 3 is 1.65 bits per heavy atom. The van der Waals surface area contributed by atoms with Gasteiger partial charge in [-0.2, -0.15) is 12.1 Å². The molecule has 6 aromatic rings. The Balaban J connectivity index is 0.000000228. The number of fused-ring (bicyclic) bond motifs is 2. The summed E-state index contributed by atoms with van der Waals surface area (Å²) in [7, 11) is 0. The van der Waals surface area contributed by atoms with Crippen LogP contribution in [-0.2, 0) is 35.2 Å². The SMILES string of the molecule is CC(C)c1ccc(-c2cccc3[cH-]c(C4CCCCC4)cc23)cc1.CCc1cc2c(-c3ccc(C45CC6CC(CC(C6)C4)C5)cc3)cccc2[cH-]1.Cl.Cl.[CH3-].[CH3-].[Si]=[Zr]. The molecule has 0 N–H and O–H groups in total. The van der Waals surface area contributed by atoms with E-state index in [1.165, 1.54) is 149 Å². The average Bonchev–Trinajstić information content (AvgIpc) is 3.84. The summed E-state index contributed by atoms with van der Waals surface area (Å²) < 4.78 is 0. The van der Waals surface area contributed by atoms with Gasteiger partial charge in [-0.1, -0.05) is 112 Å². The van der Waals surface area contributed by atoms with E-state index in [2.05, 4.69) is 137 Å². The molecule has 6 aromatic carbocycles. The number of hydrogen-bond donors (Lipinski definition) is 0. The number of benzene rings is 4. The Labute approximate surface area is 375 Å². The summed E-state index contributed by atoms with van der Waals surface area (Å²) in [5.41, 5.74) is 12.1. The molecular weight excluding hydrogens is 827 g/mol. The van der Waals surface area contributed by atoms with Crippen molar-refractivity contribution >= 4 is 53.2 Å². The molecule has 0 spiro atoms. The van der Waals surface area contributed by atoms with Gasteiger partial charge >= 0.3 is 30.2 Å². The average molecular weight is 891 g/mol. The molecule has 0 atom stereocenters. The summed E-state index contributed by atoms with van der Waals surface area (Å²) >= 11 is 1.36. The van der Waals surface area contributed by atoms with Crippen molar-refractivity contribution in [3.05, 3.63) is 146 Å². The molecule has 5 saturated carbocycles. The van der Waals surface area contributed by atoms with Gasteiger partial charge < -0.3 is 14.9 Å². The molecule has 0 heterocycles. The standard InChI is InChI=1S/C27H29.C24H27.2CH3.2ClH.Si.Zr/c1-2-18-13-23-4-3-5-25(26(23)14-18)22-6-8-24(9-7-22)27-15-19-10-20(16-27)12-21(11-19)17-27;1-17(2)18-11-13-20(14-12-18)23-10-6-9-21-15-22(16-24(21)23)19-7-4-3-5-8-19;;;;;;/h3-9,13-14,19-21H,2,10-12,15-17H2,1H3;6,9-17,19H,3-5,7-8H2,1-2H3;2*1H3;2*1H;;/q4*-1;;;;. The van der Waals surface area contributed by atoms with Gasteiger partial charge in [0.05, 0.1) is 0 Å². The van der Waals surface area contributed by atoms with Crippen molar-refractivity contribution in [1.29, 1.82) is 0 Å². The van der Waals surface area contributed by atoms with Gasteiger partial charge in [0.1, 0.15) is 0 Å². The number of hydrogen-bond acceptors (Lipinski definition) is 0. The zero-order chi connectivity index (χ0) is 36.5. The van der Waals surface area contributed by atoms with Crippen LogP contribution < -0.4 is 0 Å². The van der Waals surface area contributed by atoms with Crippen molar-refractivity contribution in [3.8, 4) is 22.3 Å². The first kappa shape index (κ1) is 47.5. The van der Waals surface area contributed by atoms with Crippen molar-refractivity contribution in [3.63, 3.8) is 0 Å².